The minimum Gasteiger partial charge on any atom is -0.497 e. The first-order valence-electron chi connectivity index (χ1n) is 11.6. The number of epoxide rings is 1. The van der Waals surface area contributed by atoms with Gasteiger partial charge in [-0.2, -0.15) is 0 Å². The van der Waals surface area contributed by atoms with Gasteiger partial charge in [0.2, 0.25) is 0 Å². The zero-order valence-corrected chi connectivity index (χ0v) is 18.1. The zero-order chi connectivity index (χ0) is 19.4. The Morgan fingerprint density at radius 3 is 1.56 bits per heavy atom. The highest BCUT2D eigenvalue weighted by Gasteiger charge is 2.20. The Morgan fingerprint density at radius 1 is 0.741 bits per heavy atom. The average molecular weight is 377 g/mol. The van der Waals surface area contributed by atoms with Gasteiger partial charge < -0.3 is 9.47 Å². The lowest BCUT2D eigenvalue weighted by molar-refractivity contribution is 0.387. The fourth-order valence-electron chi connectivity index (χ4n) is 3.36. The second kappa shape index (κ2) is 18.3. The van der Waals surface area contributed by atoms with Crippen molar-refractivity contribution in [3.63, 3.8) is 0 Å². The Labute approximate surface area is 169 Å². The third-order valence-corrected chi connectivity index (χ3v) is 5.26. The van der Waals surface area contributed by atoms with Gasteiger partial charge in [-0.15, -0.1) is 0 Å². The smallest absolute Gasteiger partial charge is 0.118 e. The molecule has 1 unspecified atom stereocenters. The number of para-hydroxylation sites is 1. The van der Waals surface area contributed by atoms with Crippen molar-refractivity contribution in [2.45, 2.75) is 109 Å². The summed E-state index contributed by atoms with van der Waals surface area (Å²) in [6.07, 6.45) is 22.3. The van der Waals surface area contributed by atoms with Crippen LogP contribution in [0.4, 0.5) is 0 Å². The fraction of sp³-hybridized carbons (Fsp3) is 0.760. The van der Waals surface area contributed by atoms with E-state index in [4.69, 9.17) is 9.47 Å². The first-order valence-corrected chi connectivity index (χ1v) is 11.6. The van der Waals surface area contributed by atoms with Gasteiger partial charge in [0.15, 0.2) is 0 Å². The Balaban J connectivity index is 0.000000377. The van der Waals surface area contributed by atoms with Crippen molar-refractivity contribution in [1.29, 1.82) is 0 Å². The summed E-state index contributed by atoms with van der Waals surface area (Å²) in [6, 6.07) is 9.68. The molecule has 1 aliphatic heterocycles. The number of hydrogen-bond donors (Lipinski definition) is 0. The van der Waals surface area contributed by atoms with E-state index < -0.39 is 0 Å². The molecular formula is C25H44O2. The molecule has 2 rings (SSSR count). The number of methoxy groups -OCH3 is 1. The third-order valence-electron chi connectivity index (χ3n) is 5.26. The number of benzene rings is 1. The molecule has 0 aromatic heterocycles. The van der Waals surface area contributed by atoms with Crippen molar-refractivity contribution in [3.8, 4) is 5.75 Å². The van der Waals surface area contributed by atoms with Crippen LogP contribution in [0, 0.1) is 0 Å². The molecule has 1 aromatic rings. The van der Waals surface area contributed by atoms with Crippen LogP contribution in [-0.4, -0.2) is 19.8 Å². The van der Waals surface area contributed by atoms with E-state index in [1.165, 1.54) is 96.3 Å². The molecule has 1 saturated heterocycles. The normalized spacial score (nSPS) is 15.1. The minimum absolute atomic E-state index is 0.650. The van der Waals surface area contributed by atoms with Crippen molar-refractivity contribution in [2.75, 3.05) is 13.7 Å². The topological polar surface area (TPSA) is 21.8 Å². The molecule has 0 amide bonds. The fourth-order valence-corrected chi connectivity index (χ4v) is 3.36. The molecule has 0 radical (unpaired) electrons. The van der Waals surface area contributed by atoms with Gasteiger partial charge >= 0.3 is 0 Å². The standard InChI is InChI=1S/C18H36O.C7H8O/c1-2-3-4-5-6-7-8-9-10-11-12-13-14-15-16-18-17-19-18;1-8-7-5-3-2-4-6-7/h18H,2-17H2,1H3;2-6H,1H3. The monoisotopic (exact) mass is 376 g/mol. The summed E-state index contributed by atoms with van der Waals surface area (Å²) in [7, 11) is 1.66. The summed E-state index contributed by atoms with van der Waals surface area (Å²) in [5.41, 5.74) is 0. The Kier molecular flexibility index (Phi) is 16.3. The summed E-state index contributed by atoms with van der Waals surface area (Å²) < 4.78 is 10.1. The van der Waals surface area contributed by atoms with E-state index in [1.807, 2.05) is 30.3 Å². The van der Waals surface area contributed by atoms with Crippen LogP contribution in [0.3, 0.4) is 0 Å². The maximum atomic E-state index is 5.22. The van der Waals surface area contributed by atoms with Crippen molar-refractivity contribution >= 4 is 0 Å². The van der Waals surface area contributed by atoms with Gasteiger partial charge in [-0.1, -0.05) is 115 Å². The van der Waals surface area contributed by atoms with E-state index in [0.717, 1.165) is 12.4 Å². The van der Waals surface area contributed by atoms with Crippen LogP contribution in [0.5, 0.6) is 5.75 Å². The van der Waals surface area contributed by atoms with Gasteiger partial charge in [0, 0.05) is 0 Å². The molecule has 0 spiro atoms. The number of ether oxygens (including phenoxy) is 2. The molecule has 0 N–H and O–H groups in total. The third kappa shape index (κ3) is 16.8. The summed E-state index contributed by atoms with van der Waals surface area (Å²) in [5, 5.41) is 0. The van der Waals surface area contributed by atoms with Gasteiger partial charge in [-0.25, -0.2) is 0 Å². The molecular weight excluding hydrogens is 332 g/mol. The van der Waals surface area contributed by atoms with Crippen LogP contribution < -0.4 is 4.74 Å². The van der Waals surface area contributed by atoms with Gasteiger partial charge in [-0.05, 0) is 18.6 Å². The number of hydrogen-bond acceptors (Lipinski definition) is 2. The predicted molar refractivity (Wildman–Crippen MR) is 118 cm³/mol. The highest BCUT2D eigenvalue weighted by Crippen LogP contribution is 2.18. The largest absolute Gasteiger partial charge is 0.497 e. The number of rotatable bonds is 16. The summed E-state index contributed by atoms with van der Waals surface area (Å²) >= 11 is 0. The Bertz CT molecular complexity index is 400. The van der Waals surface area contributed by atoms with E-state index in [9.17, 15) is 0 Å². The molecule has 0 bridgehead atoms. The second-order valence-corrected chi connectivity index (χ2v) is 7.86. The maximum absolute atomic E-state index is 5.22. The van der Waals surface area contributed by atoms with Crippen LogP contribution >= 0.6 is 0 Å². The first kappa shape index (κ1) is 24.0. The van der Waals surface area contributed by atoms with Crippen molar-refractivity contribution in [2.24, 2.45) is 0 Å². The summed E-state index contributed by atoms with van der Waals surface area (Å²) in [4.78, 5) is 0. The van der Waals surface area contributed by atoms with Gasteiger partial charge in [0.05, 0.1) is 19.8 Å². The van der Waals surface area contributed by atoms with E-state index in [0.29, 0.717) is 6.10 Å². The molecule has 2 heteroatoms. The lowest BCUT2D eigenvalue weighted by Crippen LogP contribution is -1.86. The van der Waals surface area contributed by atoms with E-state index in [2.05, 4.69) is 6.92 Å². The van der Waals surface area contributed by atoms with Crippen LogP contribution in [0.15, 0.2) is 30.3 Å². The van der Waals surface area contributed by atoms with E-state index >= 15 is 0 Å². The number of unbranched alkanes of at least 4 members (excludes halogenated alkanes) is 13. The second-order valence-electron chi connectivity index (χ2n) is 7.86. The highest BCUT2D eigenvalue weighted by atomic mass is 16.6. The zero-order valence-electron chi connectivity index (χ0n) is 18.1. The minimum atomic E-state index is 0.650. The van der Waals surface area contributed by atoms with Gasteiger partial charge in [-0.3, -0.25) is 0 Å². The molecule has 1 fully saturated rings. The predicted octanol–water partition coefficient (Wildman–Crippen LogP) is 7.95. The molecule has 2 nitrogen and oxygen atoms in total. The van der Waals surface area contributed by atoms with Gasteiger partial charge in [0.1, 0.15) is 5.75 Å². The summed E-state index contributed by atoms with van der Waals surface area (Å²) in [5.74, 6) is 0.910. The molecule has 27 heavy (non-hydrogen) atoms. The van der Waals surface area contributed by atoms with Crippen molar-refractivity contribution in [1.82, 2.24) is 0 Å². The molecule has 0 saturated carbocycles. The Hall–Kier alpha value is -1.02. The van der Waals surface area contributed by atoms with Gasteiger partial charge in [0.25, 0.3) is 0 Å². The van der Waals surface area contributed by atoms with E-state index in [1.54, 1.807) is 7.11 Å². The van der Waals surface area contributed by atoms with Crippen LogP contribution in [0.25, 0.3) is 0 Å². The van der Waals surface area contributed by atoms with Crippen molar-refractivity contribution in [3.05, 3.63) is 30.3 Å². The van der Waals surface area contributed by atoms with Crippen molar-refractivity contribution < 1.29 is 9.47 Å². The van der Waals surface area contributed by atoms with Crippen LogP contribution in [0.1, 0.15) is 103 Å². The molecule has 1 aliphatic rings. The first-order chi connectivity index (χ1) is 13.4. The van der Waals surface area contributed by atoms with E-state index in [-0.39, 0.29) is 0 Å². The average Bonchev–Trinajstić information content (AvgIpc) is 3.54. The maximum Gasteiger partial charge on any atom is 0.118 e. The SMILES string of the molecule is CCCCCCCCCCCCCCCCC1CO1.COc1ccccc1. The molecule has 1 heterocycles. The Morgan fingerprint density at radius 2 is 1.19 bits per heavy atom. The summed E-state index contributed by atoms with van der Waals surface area (Å²) in [6.45, 7) is 3.33. The molecule has 1 atom stereocenters. The van der Waals surface area contributed by atoms with Crippen LogP contribution in [0.2, 0.25) is 0 Å². The lowest BCUT2D eigenvalue weighted by atomic mass is 10.0. The molecule has 0 aliphatic carbocycles. The lowest BCUT2D eigenvalue weighted by Gasteiger charge is -2.03. The quantitative estimate of drug-likeness (QED) is 0.216. The highest BCUT2D eigenvalue weighted by molar-refractivity contribution is 5.20. The van der Waals surface area contributed by atoms with Crippen LogP contribution in [-0.2, 0) is 4.74 Å². The molecule has 1 aromatic carbocycles. The molecule has 156 valence electrons.